The number of aromatic nitrogens is 1. The second-order valence-electron chi connectivity index (χ2n) is 4.27. The van der Waals surface area contributed by atoms with Gasteiger partial charge >= 0.3 is 0 Å². The molecule has 0 unspecified atom stereocenters. The maximum Gasteiger partial charge on any atom is 0.217 e. The van der Waals surface area contributed by atoms with Crippen LogP contribution in [0, 0.1) is 0 Å². The lowest BCUT2D eigenvalue weighted by Crippen LogP contribution is -1.97. The van der Waals surface area contributed by atoms with Crippen LogP contribution in [-0.2, 0) is 6.37 Å². The molecule has 2 nitrogen and oxygen atoms in total. The third-order valence-electron chi connectivity index (χ3n) is 2.89. The van der Waals surface area contributed by atoms with E-state index >= 15 is 0 Å². The maximum absolute atomic E-state index is 8.54. The molecule has 0 saturated carbocycles. The number of nitrogens with zero attached hydrogens (tertiary/aromatic N) is 1. The largest absolute Gasteiger partial charge is 0.481 e. The van der Waals surface area contributed by atoms with E-state index in [0.29, 0.717) is 16.5 Å². The van der Waals surface area contributed by atoms with Crippen molar-refractivity contribution in [2.75, 3.05) is 7.04 Å². The molecule has 0 spiro atoms. The van der Waals surface area contributed by atoms with Crippen molar-refractivity contribution in [1.29, 1.82) is 0 Å². The Morgan fingerprint density at radius 1 is 1.20 bits per heavy atom. The van der Waals surface area contributed by atoms with Crippen LogP contribution in [-0.4, -0.2) is 12.0 Å². The fourth-order valence-electron chi connectivity index (χ4n) is 1.97. The summed E-state index contributed by atoms with van der Waals surface area (Å²) in [6.07, 6.45) is -1.97. The molecule has 20 heavy (non-hydrogen) atoms. The molecule has 0 bridgehead atoms. The molecule has 0 N–H and O–H groups in total. The first kappa shape index (κ1) is 8.42. The smallest absolute Gasteiger partial charge is 0.217 e. The molecule has 0 radical (unpaired) electrons. The van der Waals surface area contributed by atoms with E-state index in [1.807, 2.05) is 0 Å². The average Bonchev–Trinajstić information content (AvgIpc) is 2.54. The average molecular weight is 333 g/mol. The van der Waals surface area contributed by atoms with Gasteiger partial charge < -0.3 is 4.74 Å². The second-order valence-corrected chi connectivity index (χ2v) is 5.19. The van der Waals surface area contributed by atoms with E-state index in [4.69, 9.17) is 11.6 Å². The Labute approximate surface area is 133 Å². The predicted octanol–water partition coefficient (Wildman–Crippen LogP) is 4.60. The van der Waals surface area contributed by atoms with Gasteiger partial charge in [0.1, 0.15) is 0 Å². The van der Waals surface area contributed by atoms with Crippen LogP contribution in [0.15, 0.2) is 59.1 Å². The highest BCUT2D eigenvalue weighted by Crippen LogP contribution is 2.26. The number of halogens is 1. The van der Waals surface area contributed by atoms with E-state index in [1.165, 1.54) is 0 Å². The fraction of sp³-hybridized carbons (Fsp3) is 0.118. The molecule has 3 rings (SSSR count). The van der Waals surface area contributed by atoms with Crippen molar-refractivity contribution in [2.24, 2.45) is 0 Å². The molecule has 0 aliphatic heterocycles. The van der Waals surface area contributed by atoms with Crippen LogP contribution in [0.4, 0.5) is 0 Å². The number of fused-ring (bicyclic) bond motifs is 1. The SMILES string of the molecule is [2H]C([2H])([2H])Oc1nc2ccc(Br)cc2cc1C([2H])([2H])c1ccccc1. The Bertz CT molecular complexity index is 912. The van der Waals surface area contributed by atoms with E-state index < -0.39 is 13.4 Å². The summed E-state index contributed by atoms with van der Waals surface area (Å²) < 4.78 is 45.0. The molecule has 0 aliphatic carbocycles. The van der Waals surface area contributed by atoms with Gasteiger partial charge in [-0.3, -0.25) is 0 Å². The summed E-state index contributed by atoms with van der Waals surface area (Å²) >= 11 is 3.38. The molecule has 2 aromatic carbocycles. The number of rotatable bonds is 3. The molecule has 1 aromatic heterocycles. The number of pyridine rings is 1. The normalized spacial score (nSPS) is 15.8. The Morgan fingerprint density at radius 2 is 2.05 bits per heavy atom. The van der Waals surface area contributed by atoms with Crippen LogP contribution < -0.4 is 4.74 Å². The lowest BCUT2D eigenvalue weighted by molar-refractivity contribution is 0.395. The zero-order chi connectivity index (χ0) is 18.2. The van der Waals surface area contributed by atoms with Crippen molar-refractivity contribution in [3.8, 4) is 5.88 Å². The monoisotopic (exact) mass is 332 g/mol. The molecule has 0 amide bonds. The van der Waals surface area contributed by atoms with Gasteiger partial charge in [-0.15, -0.1) is 0 Å². The molecule has 3 heteroatoms. The van der Waals surface area contributed by atoms with Crippen LogP contribution in [0.25, 0.3) is 10.9 Å². The molecule has 0 fully saturated rings. The highest BCUT2D eigenvalue weighted by Gasteiger charge is 2.08. The first-order chi connectivity index (χ1) is 11.7. The Balaban J connectivity index is 2.24. The van der Waals surface area contributed by atoms with Gasteiger partial charge in [0.15, 0.2) is 0 Å². The molecule has 0 aliphatic rings. The lowest BCUT2D eigenvalue weighted by atomic mass is 10.0. The van der Waals surface area contributed by atoms with E-state index in [1.54, 1.807) is 54.6 Å². The molecular formula is C17H14BrNO. The van der Waals surface area contributed by atoms with E-state index in [2.05, 4.69) is 20.9 Å². The van der Waals surface area contributed by atoms with E-state index in [9.17, 15) is 0 Å². The Kier molecular flexibility index (Phi) is 2.37. The summed E-state index contributed by atoms with van der Waals surface area (Å²) in [6.45, 7) is 0. The number of hydrogen-bond donors (Lipinski definition) is 0. The molecule has 100 valence electrons. The topological polar surface area (TPSA) is 22.1 Å². The third-order valence-corrected chi connectivity index (χ3v) is 3.38. The quantitative estimate of drug-likeness (QED) is 0.699. The number of benzene rings is 2. The Hall–Kier alpha value is -1.87. The van der Waals surface area contributed by atoms with Gasteiger partial charge in [0.2, 0.25) is 5.88 Å². The zero-order valence-corrected chi connectivity index (χ0v) is 12.0. The van der Waals surface area contributed by atoms with Crippen molar-refractivity contribution in [1.82, 2.24) is 4.98 Å². The van der Waals surface area contributed by atoms with Crippen molar-refractivity contribution in [3.63, 3.8) is 0 Å². The first-order valence-corrected chi connectivity index (χ1v) is 6.81. The highest BCUT2D eigenvalue weighted by atomic mass is 79.9. The standard InChI is InChI=1S/C17H14BrNO/c1-20-17-14(9-12-5-3-2-4-6-12)10-13-11-15(18)7-8-16(13)19-17/h2-8,10-11H,9H2,1H3/i1D3,9D2. The van der Waals surface area contributed by atoms with Crippen LogP contribution in [0.1, 0.15) is 18.0 Å². The second kappa shape index (κ2) is 5.63. The number of hydrogen-bond acceptors (Lipinski definition) is 2. The summed E-state index contributed by atoms with van der Waals surface area (Å²) in [7, 11) is -2.72. The van der Waals surface area contributed by atoms with Crippen molar-refractivity contribution < 1.29 is 11.6 Å². The molecule has 1 heterocycles. The summed E-state index contributed by atoms with van der Waals surface area (Å²) in [4.78, 5) is 4.25. The first-order valence-electron chi connectivity index (χ1n) is 8.52. The van der Waals surface area contributed by atoms with Crippen LogP contribution in [0.3, 0.4) is 0 Å². The minimum Gasteiger partial charge on any atom is -0.481 e. The third kappa shape index (κ3) is 2.68. The van der Waals surface area contributed by atoms with Gasteiger partial charge in [-0.25, -0.2) is 4.98 Å². The number of methoxy groups -OCH3 is 1. The summed E-state index contributed by atoms with van der Waals surface area (Å²) in [6, 6.07) is 15.4. The molecule has 3 aromatic rings. The van der Waals surface area contributed by atoms with Gasteiger partial charge in [0, 0.05) is 24.5 Å². The van der Waals surface area contributed by atoms with Gasteiger partial charge in [-0.1, -0.05) is 46.3 Å². The summed E-state index contributed by atoms with van der Waals surface area (Å²) in [5.41, 5.74) is 0.983. The van der Waals surface area contributed by atoms with Crippen molar-refractivity contribution in [3.05, 3.63) is 70.2 Å². The minimum absolute atomic E-state index is 0.0698. The van der Waals surface area contributed by atoms with Crippen LogP contribution >= 0.6 is 15.9 Å². The van der Waals surface area contributed by atoms with Crippen LogP contribution in [0.2, 0.25) is 0 Å². The minimum atomic E-state index is -2.72. The Morgan fingerprint density at radius 3 is 2.85 bits per heavy atom. The van der Waals surface area contributed by atoms with Crippen molar-refractivity contribution in [2.45, 2.75) is 6.37 Å². The fourth-order valence-corrected chi connectivity index (χ4v) is 2.35. The molecule has 0 atom stereocenters. The van der Waals surface area contributed by atoms with Crippen molar-refractivity contribution >= 4 is 26.8 Å². The molecular weight excluding hydrogens is 314 g/mol. The van der Waals surface area contributed by atoms with Gasteiger partial charge in [0.05, 0.1) is 16.7 Å². The predicted molar refractivity (Wildman–Crippen MR) is 85.2 cm³/mol. The van der Waals surface area contributed by atoms with E-state index in [-0.39, 0.29) is 11.4 Å². The maximum atomic E-state index is 8.54. The molecule has 0 saturated heterocycles. The number of ether oxygens (including phenoxy) is 1. The van der Waals surface area contributed by atoms with Gasteiger partial charge in [-0.2, -0.15) is 0 Å². The van der Waals surface area contributed by atoms with Crippen LogP contribution in [0.5, 0.6) is 5.88 Å². The summed E-state index contributed by atoms with van der Waals surface area (Å²) in [5.74, 6) is -0.233. The zero-order valence-electron chi connectivity index (χ0n) is 15.4. The summed E-state index contributed by atoms with van der Waals surface area (Å²) in [5, 5.41) is 0.682. The van der Waals surface area contributed by atoms with Gasteiger partial charge in [-0.05, 0) is 29.8 Å². The van der Waals surface area contributed by atoms with Gasteiger partial charge in [0.25, 0.3) is 0 Å². The highest BCUT2D eigenvalue weighted by molar-refractivity contribution is 9.10. The lowest BCUT2D eigenvalue weighted by Gasteiger charge is -2.10. The van der Waals surface area contributed by atoms with E-state index in [0.717, 1.165) is 4.47 Å².